The zero-order valence-electron chi connectivity index (χ0n) is 29.1. The summed E-state index contributed by atoms with van der Waals surface area (Å²) >= 11 is 9.06. The van der Waals surface area contributed by atoms with E-state index in [1.807, 2.05) is 45.8 Å². The number of nitrogens with zero attached hydrogens (tertiary/aromatic N) is 2. The molecular formula is C40H42N2O4S5. The van der Waals surface area contributed by atoms with Gasteiger partial charge in [-0.1, -0.05) is 38.5 Å². The minimum Gasteiger partial charge on any atom is -0.376 e. The van der Waals surface area contributed by atoms with Gasteiger partial charge in [-0.25, -0.2) is 0 Å². The Kier molecular flexibility index (Phi) is 9.58. The molecule has 2 saturated carbocycles. The Morgan fingerprint density at radius 1 is 0.569 bits per heavy atom. The van der Waals surface area contributed by atoms with Crippen molar-refractivity contribution in [2.75, 3.05) is 26.3 Å². The van der Waals surface area contributed by atoms with Gasteiger partial charge in [0.1, 0.15) is 0 Å². The molecule has 2 amide bonds. The van der Waals surface area contributed by atoms with E-state index in [4.69, 9.17) is 9.47 Å². The lowest BCUT2D eigenvalue weighted by Crippen LogP contribution is -2.34. The molecule has 11 heteroatoms. The van der Waals surface area contributed by atoms with Crippen molar-refractivity contribution in [3.63, 3.8) is 0 Å². The monoisotopic (exact) mass is 774 g/mol. The largest absolute Gasteiger partial charge is 0.376 e. The molecule has 266 valence electrons. The predicted molar refractivity (Wildman–Crippen MR) is 215 cm³/mol. The third-order valence-corrected chi connectivity index (χ3v) is 16.7. The Labute approximate surface area is 319 Å². The lowest BCUT2D eigenvalue weighted by atomic mass is 9.98. The van der Waals surface area contributed by atoms with E-state index < -0.39 is 0 Å². The molecule has 0 radical (unpaired) electrons. The smallest absolute Gasteiger partial charge is 0.261 e. The zero-order chi connectivity index (χ0) is 34.6. The van der Waals surface area contributed by atoms with Crippen LogP contribution in [0.1, 0.15) is 80.9 Å². The topological polar surface area (TPSA) is 59.1 Å². The number of hydrogen-bond donors (Lipinski definition) is 0. The number of thiophene rings is 5. The van der Waals surface area contributed by atoms with Crippen LogP contribution in [-0.2, 0) is 19.1 Å². The highest BCUT2D eigenvalue weighted by Gasteiger charge is 2.47. The SMILES string of the molecule is CC1=C2C(=O)N(CCOC3CCCCC3)C(c3cc4sc(-c5ccc(-c6cc7sc(C)cc7s6)s5)cc4s3)=C2C(=O)N1CCOC1CCCCC1. The van der Waals surface area contributed by atoms with E-state index in [9.17, 15) is 9.59 Å². The summed E-state index contributed by atoms with van der Waals surface area (Å²) in [5.74, 6) is -0.165. The van der Waals surface area contributed by atoms with Crippen LogP contribution < -0.4 is 0 Å². The second-order valence-electron chi connectivity index (χ2n) is 14.2. The van der Waals surface area contributed by atoms with E-state index in [2.05, 4.69) is 43.3 Å². The highest BCUT2D eigenvalue weighted by Crippen LogP contribution is 2.49. The molecule has 5 aromatic rings. The van der Waals surface area contributed by atoms with Crippen LogP contribution in [0.5, 0.6) is 0 Å². The third kappa shape index (κ3) is 6.51. The molecule has 6 nitrogen and oxygen atoms in total. The molecule has 0 spiro atoms. The molecule has 0 atom stereocenters. The van der Waals surface area contributed by atoms with Gasteiger partial charge in [0.05, 0.1) is 47.1 Å². The van der Waals surface area contributed by atoms with Crippen LogP contribution in [0.2, 0.25) is 0 Å². The van der Waals surface area contributed by atoms with Gasteiger partial charge in [-0.3, -0.25) is 9.59 Å². The maximum Gasteiger partial charge on any atom is 0.261 e. The van der Waals surface area contributed by atoms with Gasteiger partial charge in [-0.05, 0) is 75.9 Å². The van der Waals surface area contributed by atoms with Crippen molar-refractivity contribution >= 4 is 93.0 Å². The third-order valence-electron chi connectivity index (χ3n) is 10.7. The van der Waals surface area contributed by atoms with Gasteiger partial charge in [0.15, 0.2) is 0 Å². The molecule has 0 N–H and O–H groups in total. The lowest BCUT2D eigenvalue weighted by molar-refractivity contribution is -0.125. The van der Waals surface area contributed by atoms with Crippen molar-refractivity contribution in [1.29, 1.82) is 0 Å². The molecule has 51 heavy (non-hydrogen) atoms. The maximum absolute atomic E-state index is 14.2. The van der Waals surface area contributed by atoms with Gasteiger partial charge in [0.25, 0.3) is 11.8 Å². The predicted octanol–water partition coefficient (Wildman–Crippen LogP) is 11.3. The number of carbonyl (C=O) groups excluding carboxylic acids is 2. The summed E-state index contributed by atoms with van der Waals surface area (Å²) in [5, 5.41) is 0. The number of fused-ring (bicyclic) bond motifs is 3. The van der Waals surface area contributed by atoms with Gasteiger partial charge < -0.3 is 19.3 Å². The average Bonchev–Trinajstić information content (AvgIpc) is 3.98. The summed E-state index contributed by atoms with van der Waals surface area (Å²) < 4.78 is 17.6. The minimum atomic E-state index is -0.0824. The van der Waals surface area contributed by atoms with E-state index >= 15 is 0 Å². The first-order chi connectivity index (χ1) is 24.9. The summed E-state index contributed by atoms with van der Waals surface area (Å²) in [6, 6.07) is 13.6. The minimum absolute atomic E-state index is 0.0824. The Bertz CT molecular complexity index is 2120. The molecule has 5 aromatic heterocycles. The van der Waals surface area contributed by atoms with Gasteiger partial charge in [-0.2, -0.15) is 0 Å². The Hall–Kier alpha value is -2.64. The number of rotatable bonds is 11. The second kappa shape index (κ2) is 14.3. The molecule has 2 aliphatic heterocycles. The van der Waals surface area contributed by atoms with Crippen LogP contribution in [0.25, 0.3) is 44.0 Å². The fourth-order valence-electron chi connectivity index (χ4n) is 8.14. The highest BCUT2D eigenvalue weighted by molar-refractivity contribution is 7.33. The Balaban J connectivity index is 0.988. The van der Waals surface area contributed by atoms with E-state index in [0.29, 0.717) is 37.4 Å². The molecule has 0 bridgehead atoms. The molecule has 4 aliphatic rings. The summed E-state index contributed by atoms with van der Waals surface area (Å²) in [7, 11) is 0. The van der Waals surface area contributed by atoms with Crippen LogP contribution in [0.3, 0.4) is 0 Å². The molecule has 2 fully saturated rings. The van der Waals surface area contributed by atoms with Crippen molar-refractivity contribution in [1.82, 2.24) is 9.80 Å². The summed E-state index contributed by atoms with van der Waals surface area (Å²) in [4.78, 5) is 39.5. The molecule has 0 aromatic carbocycles. The van der Waals surface area contributed by atoms with E-state index in [0.717, 1.165) is 42.0 Å². The number of aryl methyl sites for hydroxylation is 1. The number of allylic oxidation sites excluding steroid dienone is 1. The van der Waals surface area contributed by atoms with Crippen LogP contribution in [0, 0.1) is 6.92 Å². The van der Waals surface area contributed by atoms with Crippen molar-refractivity contribution in [3.8, 4) is 19.5 Å². The Morgan fingerprint density at radius 3 is 1.65 bits per heavy atom. The van der Waals surface area contributed by atoms with Crippen molar-refractivity contribution < 1.29 is 19.1 Å². The van der Waals surface area contributed by atoms with E-state index in [-0.39, 0.29) is 24.0 Å². The highest BCUT2D eigenvalue weighted by atomic mass is 32.1. The molecule has 9 rings (SSSR count). The normalized spacial score (nSPS) is 19.3. The van der Waals surface area contributed by atoms with E-state index in [1.165, 1.54) is 81.7 Å². The van der Waals surface area contributed by atoms with Crippen LogP contribution in [-0.4, -0.2) is 60.1 Å². The first kappa shape index (κ1) is 34.1. The fourth-order valence-corrected chi connectivity index (χ4v) is 14.1. The summed E-state index contributed by atoms with van der Waals surface area (Å²) in [5.41, 5.74) is 2.60. The lowest BCUT2D eigenvalue weighted by Gasteiger charge is -2.26. The zero-order valence-corrected chi connectivity index (χ0v) is 33.2. The number of amides is 2. The molecule has 0 saturated heterocycles. The number of hydrogen-bond acceptors (Lipinski definition) is 9. The van der Waals surface area contributed by atoms with E-state index in [1.54, 1.807) is 27.6 Å². The molecule has 7 heterocycles. The maximum atomic E-state index is 14.2. The quantitative estimate of drug-likeness (QED) is 0.134. The first-order valence-electron chi connectivity index (χ1n) is 18.4. The summed E-state index contributed by atoms with van der Waals surface area (Å²) in [6.45, 7) is 5.97. The molecule has 0 unspecified atom stereocenters. The van der Waals surface area contributed by atoms with Crippen molar-refractivity contribution in [3.05, 3.63) is 63.0 Å². The number of ether oxygens (including phenoxy) is 2. The van der Waals surface area contributed by atoms with Crippen LogP contribution in [0.15, 0.2) is 53.2 Å². The van der Waals surface area contributed by atoms with Gasteiger partial charge in [-0.15, -0.1) is 56.7 Å². The van der Waals surface area contributed by atoms with Gasteiger partial charge in [0, 0.05) is 62.0 Å². The van der Waals surface area contributed by atoms with Gasteiger partial charge >= 0.3 is 0 Å². The average molecular weight is 775 g/mol. The van der Waals surface area contributed by atoms with Gasteiger partial charge in [0.2, 0.25) is 0 Å². The van der Waals surface area contributed by atoms with Crippen molar-refractivity contribution in [2.24, 2.45) is 0 Å². The van der Waals surface area contributed by atoms with Crippen LogP contribution >= 0.6 is 56.7 Å². The first-order valence-corrected chi connectivity index (χ1v) is 22.5. The van der Waals surface area contributed by atoms with Crippen LogP contribution in [0.4, 0.5) is 0 Å². The Morgan fingerprint density at radius 2 is 1.06 bits per heavy atom. The summed E-state index contributed by atoms with van der Waals surface area (Å²) in [6.07, 6.45) is 12.3. The van der Waals surface area contributed by atoms with Crippen molar-refractivity contribution in [2.45, 2.75) is 90.3 Å². The number of carbonyl (C=O) groups is 2. The fraction of sp³-hybridized carbons (Fsp3) is 0.450. The molecular weight excluding hydrogens is 733 g/mol. The standard InChI is InChI=1S/C40H42N2O4S5/c1-23-19-29-32(47-23)20-30(49-29)27-13-14-28(48-27)31-21-33-34(50-31)22-35(51-33)38-37-36(39(43)42(38)16-18-46-26-11-7-4-8-12-26)24(2)41(40(37)44)15-17-45-25-9-5-3-6-10-25/h13-14,19-22,25-26H,3-12,15-18H2,1-2H3. The molecule has 2 aliphatic carbocycles. The second-order valence-corrected chi connectivity index (χ2v) is 19.8.